The molecule has 1 N–H and O–H groups in total. The second-order valence-corrected chi connectivity index (χ2v) is 6.16. The monoisotopic (exact) mass is 272 g/mol. The highest BCUT2D eigenvalue weighted by atomic mass is 15.2. The molecule has 108 valence electrons. The first-order chi connectivity index (χ1) is 9.62. The molecular formula is C16H24N4. The molecule has 1 heterocycles. The fraction of sp³-hybridized carbons (Fsp3) is 0.562. The number of fused-ring (bicyclic) bond motifs is 1. The van der Waals surface area contributed by atoms with Crippen LogP contribution < -0.4 is 5.32 Å². The van der Waals surface area contributed by atoms with Gasteiger partial charge < -0.3 is 14.8 Å². The third-order valence-corrected chi connectivity index (χ3v) is 4.85. The minimum atomic E-state index is 0.290. The predicted molar refractivity (Wildman–Crippen MR) is 84.1 cm³/mol. The Hall–Kier alpha value is -1.55. The third-order valence-electron chi connectivity index (χ3n) is 4.85. The Morgan fingerprint density at radius 2 is 1.95 bits per heavy atom. The quantitative estimate of drug-likeness (QED) is 0.929. The van der Waals surface area contributed by atoms with Gasteiger partial charge in [0.2, 0.25) is 5.95 Å². The molecule has 1 fully saturated rings. The number of benzene rings is 1. The first kappa shape index (κ1) is 13.4. The number of imidazole rings is 1. The Labute approximate surface area is 120 Å². The van der Waals surface area contributed by atoms with Crippen LogP contribution in [0.3, 0.4) is 0 Å². The van der Waals surface area contributed by atoms with E-state index in [0.29, 0.717) is 0 Å². The molecule has 0 aliphatic heterocycles. The summed E-state index contributed by atoms with van der Waals surface area (Å²) in [4.78, 5) is 7.08. The van der Waals surface area contributed by atoms with Crippen LogP contribution in [-0.4, -0.2) is 40.6 Å². The van der Waals surface area contributed by atoms with Crippen molar-refractivity contribution in [2.75, 3.05) is 26.0 Å². The summed E-state index contributed by atoms with van der Waals surface area (Å²) in [6.45, 7) is 0.969. The van der Waals surface area contributed by atoms with Gasteiger partial charge in [0.25, 0.3) is 0 Å². The van der Waals surface area contributed by atoms with E-state index in [1.165, 1.54) is 31.2 Å². The number of aryl methyl sites for hydroxylation is 1. The van der Waals surface area contributed by atoms with Crippen LogP contribution in [0, 0.1) is 0 Å². The second kappa shape index (κ2) is 5.09. The van der Waals surface area contributed by atoms with Crippen molar-refractivity contribution < 1.29 is 0 Å². The van der Waals surface area contributed by atoms with Crippen LogP contribution in [0.2, 0.25) is 0 Å². The number of aromatic nitrogens is 2. The molecule has 0 unspecified atom stereocenters. The minimum absolute atomic E-state index is 0.290. The van der Waals surface area contributed by atoms with Crippen molar-refractivity contribution in [3.05, 3.63) is 24.3 Å². The maximum Gasteiger partial charge on any atom is 0.203 e. The number of rotatable bonds is 4. The molecule has 3 rings (SSSR count). The molecule has 1 aromatic carbocycles. The Kier molecular flexibility index (Phi) is 3.42. The van der Waals surface area contributed by atoms with Gasteiger partial charge in [-0.3, -0.25) is 0 Å². The average molecular weight is 272 g/mol. The lowest BCUT2D eigenvalue weighted by atomic mass is 9.96. The van der Waals surface area contributed by atoms with E-state index in [1.54, 1.807) is 0 Å². The Bertz CT molecular complexity index is 594. The zero-order chi connectivity index (χ0) is 14.2. The van der Waals surface area contributed by atoms with Gasteiger partial charge in [-0.05, 0) is 39.1 Å². The van der Waals surface area contributed by atoms with Gasteiger partial charge in [-0.1, -0.05) is 25.0 Å². The van der Waals surface area contributed by atoms with Crippen LogP contribution in [0.15, 0.2) is 24.3 Å². The molecule has 0 bridgehead atoms. The van der Waals surface area contributed by atoms with Gasteiger partial charge in [-0.15, -0.1) is 0 Å². The largest absolute Gasteiger partial charge is 0.354 e. The van der Waals surface area contributed by atoms with E-state index in [9.17, 15) is 0 Å². The second-order valence-electron chi connectivity index (χ2n) is 6.16. The normalized spacial score (nSPS) is 18.0. The Morgan fingerprint density at radius 1 is 1.25 bits per heavy atom. The Balaban J connectivity index is 1.81. The highest BCUT2D eigenvalue weighted by Gasteiger charge is 2.35. The molecule has 1 aromatic heterocycles. The van der Waals surface area contributed by atoms with Crippen molar-refractivity contribution in [3.63, 3.8) is 0 Å². The maximum absolute atomic E-state index is 4.70. The maximum atomic E-state index is 4.70. The molecule has 0 radical (unpaired) electrons. The van der Waals surface area contributed by atoms with Crippen molar-refractivity contribution in [1.82, 2.24) is 14.5 Å². The molecule has 1 aliphatic rings. The molecule has 1 saturated carbocycles. The lowest BCUT2D eigenvalue weighted by Gasteiger charge is -2.36. The van der Waals surface area contributed by atoms with E-state index in [4.69, 9.17) is 4.98 Å². The SMILES string of the molecule is CN(C)C1(CNc2nc3ccccc3n2C)CCCC1. The summed E-state index contributed by atoms with van der Waals surface area (Å²) in [5, 5.41) is 3.58. The van der Waals surface area contributed by atoms with Gasteiger partial charge in [0.05, 0.1) is 11.0 Å². The first-order valence-electron chi connectivity index (χ1n) is 7.45. The topological polar surface area (TPSA) is 33.1 Å². The molecule has 0 atom stereocenters. The molecule has 0 spiro atoms. The van der Waals surface area contributed by atoms with Crippen LogP contribution in [0.25, 0.3) is 11.0 Å². The minimum Gasteiger partial charge on any atom is -0.354 e. The van der Waals surface area contributed by atoms with E-state index in [2.05, 4.69) is 54.1 Å². The molecular weight excluding hydrogens is 248 g/mol. The molecule has 0 amide bonds. The third kappa shape index (κ3) is 2.18. The standard InChI is InChI=1S/C16H24N4/c1-19(2)16(10-6-7-11-16)12-17-15-18-13-8-4-5-9-14(13)20(15)3/h4-5,8-9H,6-7,10-12H2,1-3H3,(H,17,18). The van der Waals surface area contributed by atoms with Crippen molar-refractivity contribution in [2.24, 2.45) is 7.05 Å². The van der Waals surface area contributed by atoms with E-state index >= 15 is 0 Å². The van der Waals surface area contributed by atoms with Crippen molar-refractivity contribution in [3.8, 4) is 0 Å². The van der Waals surface area contributed by atoms with E-state index < -0.39 is 0 Å². The van der Waals surface area contributed by atoms with Crippen molar-refractivity contribution >= 4 is 17.0 Å². The lowest BCUT2D eigenvalue weighted by Crippen LogP contribution is -2.47. The highest BCUT2D eigenvalue weighted by Crippen LogP contribution is 2.34. The van der Waals surface area contributed by atoms with Gasteiger partial charge in [-0.25, -0.2) is 4.98 Å². The number of hydrogen-bond donors (Lipinski definition) is 1. The predicted octanol–water partition coefficient (Wildman–Crippen LogP) is 2.86. The van der Waals surface area contributed by atoms with Crippen LogP contribution in [0.5, 0.6) is 0 Å². The Morgan fingerprint density at radius 3 is 2.60 bits per heavy atom. The van der Waals surface area contributed by atoms with E-state index in [1.807, 2.05) is 6.07 Å². The smallest absolute Gasteiger partial charge is 0.203 e. The van der Waals surface area contributed by atoms with Crippen LogP contribution in [0.1, 0.15) is 25.7 Å². The lowest BCUT2D eigenvalue weighted by molar-refractivity contribution is 0.172. The summed E-state index contributed by atoms with van der Waals surface area (Å²) in [6, 6.07) is 8.28. The number of nitrogens with one attached hydrogen (secondary N) is 1. The summed E-state index contributed by atoms with van der Waals surface area (Å²) < 4.78 is 2.15. The van der Waals surface area contributed by atoms with Crippen molar-refractivity contribution in [2.45, 2.75) is 31.2 Å². The van der Waals surface area contributed by atoms with Gasteiger partial charge in [0.1, 0.15) is 0 Å². The summed E-state index contributed by atoms with van der Waals surface area (Å²) in [5.41, 5.74) is 2.53. The van der Waals surface area contributed by atoms with Crippen LogP contribution >= 0.6 is 0 Å². The molecule has 20 heavy (non-hydrogen) atoms. The number of para-hydroxylation sites is 2. The number of nitrogens with zero attached hydrogens (tertiary/aromatic N) is 3. The first-order valence-corrected chi connectivity index (χ1v) is 7.45. The zero-order valence-corrected chi connectivity index (χ0v) is 12.7. The van der Waals surface area contributed by atoms with E-state index in [-0.39, 0.29) is 5.54 Å². The summed E-state index contributed by atoms with van der Waals surface area (Å²) in [7, 11) is 6.47. The summed E-state index contributed by atoms with van der Waals surface area (Å²) in [6.07, 6.45) is 5.22. The number of anilines is 1. The zero-order valence-electron chi connectivity index (χ0n) is 12.7. The fourth-order valence-electron chi connectivity index (χ4n) is 3.36. The number of likely N-dealkylation sites (N-methyl/N-ethyl adjacent to an activating group) is 1. The van der Waals surface area contributed by atoms with Gasteiger partial charge in [0.15, 0.2) is 0 Å². The number of hydrogen-bond acceptors (Lipinski definition) is 3. The average Bonchev–Trinajstić information content (AvgIpc) is 3.03. The molecule has 1 aliphatic carbocycles. The molecule has 4 nitrogen and oxygen atoms in total. The van der Waals surface area contributed by atoms with Gasteiger partial charge in [-0.2, -0.15) is 0 Å². The molecule has 4 heteroatoms. The van der Waals surface area contributed by atoms with Crippen molar-refractivity contribution in [1.29, 1.82) is 0 Å². The summed E-state index contributed by atoms with van der Waals surface area (Å²) in [5.74, 6) is 0.972. The molecule has 2 aromatic rings. The van der Waals surface area contributed by atoms with Crippen LogP contribution in [0.4, 0.5) is 5.95 Å². The summed E-state index contributed by atoms with van der Waals surface area (Å²) >= 11 is 0. The van der Waals surface area contributed by atoms with E-state index in [0.717, 1.165) is 18.0 Å². The van der Waals surface area contributed by atoms with Gasteiger partial charge in [0, 0.05) is 19.1 Å². The van der Waals surface area contributed by atoms with Crippen LogP contribution in [-0.2, 0) is 7.05 Å². The van der Waals surface area contributed by atoms with Gasteiger partial charge >= 0.3 is 0 Å². The molecule has 0 saturated heterocycles. The highest BCUT2D eigenvalue weighted by molar-refractivity contribution is 5.78. The fourth-order valence-corrected chi connectivity index (χ4v) is 3.36.